The molecule has 138 valence electrons. The molecule has 0 saturated heterocycles. The van der Waals surface area contributed by atoms with E-state index in [1.54, 1.807) is 43.3 Å². The molecule has 0 spiro atoms. The molecule has 0 saturated carbocycles. The van der Waals surface area contributed by atoms with Crippen molar-refractivity contribution in [2.24, 2.45) is 5.92 Å². The Morgan fingerprint density at radius 1 is 1.15 bits per heavy atom. The first kappa shape index (κ1) is 20.1. The van der Waals surface area contributed by atoms with Crippen LogP contribution in [0.5, 0.6) is 5.75 Å². The van der Waals surface area contributed by atoms with Crippen LogP contribution in [0.4, 0.5) is 5.69 Å². The SMILES string of the molecule is CNC(=O)c1cc(OC)ccc1NC(=O)C(C)Cc1ccc(Cl)cc1Cl. The van der Waals surface area contributed by atoms with Gasteiger partial charge in [0, 0.05) is 23.0 Å². The first-order valence-electron chi connectivity index (χ1n) is 8.00. The standard InChI is InChI=1S/C19H20Cl2N2O3/c1-11(8-12-4-5-13(20)9-16(12)21)18(24)23-17-7-6-14(26-3)10-15(17)19(25)22-2/h4-7,9-11H,8H2,1-3H3,(H,22,25)(H,23,24). The minimum atomic E-state index is -0.353. The number of hydrogen-bond donors (Lipinski definition) is 2. The number of nitrogens with one attached hydrogen (secondary N) is 2. The number of ether oxygens (including phenoxy) is 1. The number of halogens is 2. The van der Waals surface area contributed by atoms with Crippen molar-refractivity contribution in [2.75, 3.05) is 19.5 Å². The molecule has 0 heterocycles. The molecular weight excluding hydrogens is 375 g/mol. The van der Waals surface area contributed by atoms with Gasteiger partial charge in [-0.3, -0.25) is 9.59 Å². The van der Waals surface area contributed by atoms with E-state index in [-0.39, 0.29) is 17.7 Å². The maximum Gasteiger partial charge on any atom is 0.253 e. The summed E-state index contributed by atoms with van der Waals surface area (Å²) in [5.41, 5.74) is 1.58. The number of rotatable bonds is 6. The third kappa shape index (κ3) is 4.90. The minimum Gasteiger partial charge on any atom is -0.497 e. The highest BCUT2D eigenvalue weighted by atomic mass is 35.5. The Balaban J connectivity index is 2.17. The monoisotopic (exact) mass is 394 g/mol. The Morgan fingerprint density at radius 2 is 1.88 bits per heavy atom. The number of hydrogen-bond acceptors (Lipinski definition) is 3. The maximum absolute atomic E-state index is 12.6. The highest BCUT2D eigenvalue weighted by Gasteiger charge is 2.19. The van der Waals surface area contributed by atoms with Crippen molar-refractivity contribution in [3.63, 3.8) is 0 Å². The molecule has 0 aliphatic carbocycles. The lowest BCUT2D eigenvalue weighted by atomic mass is 10.00. The van der Waals surface area contributed by atoms with Crippen LogP contribution in [0.1, 0.15) is 22.8 Å². The van der Waals surface area contributed by atoms with Crippen LogP contribution in [0.15, 0.2) is 36.4 Å². The van der Waals surface area contributed by atoms with Crippen molar-refractivity contribution < 1.29 is 14.3 Å². The fourth-order valence-corrected chi connectivity index (χ4v) is 2.93. The van der Waals surface area contributed by atoms with Crippen LogP contribution >= 0.6 is 23.2 Å². The van der Waals surface area contributed by atoms with Crippen molar-refractivity contribution in [1.29, 1.82) is 0 Å². The van der Waals surface area contributed by atoms with E-state index in [0.717, 1.165) is 5.56 Å². The van der Waals surface area contributed by atoms with Crippen molar-refractivity contribution in [2.45, 2.75) is 13.3 Å². The number of methoxy groups -OCH3 is 1. The molecule has 2 aromatic carbocycles. The van der Waals surface area contributed by atoms with E-state index in [4.69, 9.17) is 27.9 Å². The van der Waals surface area contributed by atoms with Crippen LogP contribution in [-0.2, 0) is 11.2 Å². The number of anilines is 1. The zero-order valence-electron chi connectivity index (χ0n) is 14.7. The molecule has 2 aromatic rings. The Hall–Kier alpha value is -2.24. The predicted octanol–water partition coefficient (Wildman–Crippen LogP) is 4.18. The topological polar surface area (TPSA) is 67.4 Å². The molecule has 2 amide bonds. The van der Waals surface area contributed by atoms with E-state index >= 15 is 0 Å². The zero-order chi connectivity index (χ0) is 19.3. The molecule has 2 rings (SSSR count). The van der Waals surface area contributed by atoms with Crippen molar-refractivity contribution in [3.8, 4) is 5.75 Å². The summed E-state index contributed by atoms with van der Waals surface area (Å²) in [6, 6.07) is 10.1. The van der Waals surface area contributed by atoms with E-state index in [2.05, 4.69) is 10.6 Å². The smallest absolute Gasteiger partial charge is 0.253 e. The maximum atomic E-state index is 12.6. The molecule has 0 radical (unpaired) electrons. The third-order valence-electron chi connectivity index (χ3n) is 3.95. The summed E-state index contributed by atoms with van der Waals surface area (Å²) in [5.74, 6) is -0.352. The molecule has 0 aromatic heterocycles. The average molecular weight is 395 g/mol. The molecular formula is C19H20Cl2N2O3. The van der Waals surface area contributed by atoms with Crippen molar-refractivity contribution >= 4 is 40.7 Å². The van der Waals surface area contributed by atoms with Gasteiger partial charge in [-0.25, -0.2) is 0 Å². The van der Waals surface area contributed by atoms with Crippen LogP contribution in [0.2, 0.25) is 10.0 Å². The fraction of sp³-hybridized carbons (Fsp3) is 0.263. The van der Waals surface area contributed by atoms with Crippen LogP contribution in [-0.4, -0.2) is 26.0 Å². The van der Waals surface area contributed by atoms with Crippen molar-refractivity contribution in [3.05, 3.63) is 57.6 Å². The Morgan fingerprint density at radius 3 is 2.50 bits per heavy atom. The van der Waals surface area contributed by atoms with Crippen LogP contribution in [0.25, 0.3) is 0 Å². The molecule has 1 unspecified atom stereocenters. The molecule has 7 heteroatoms. The second kappa shape index (κ2) is 8.92. The minimum absolute atomic E-state index is 0.216. The van der Waals surface area contributed by atoms with Gasteiger partial charge in [0.1, 0.15) is 5.75 Å². The summed E-state index contributed by atoms with van der Waals surface area (Å²) < 4.78 is 5.14. The van der Waals surface area contributed by atoms with E-state index in [0.29, 0.717) is 33.5 Å². The summed E-state index contributed by atoms with van der Waals surface area (Å²) in [6.07, 6.45) is 0.452. The van der Waals surface area contributed by atoms with Crippen LogP contribution < -0.4 is 15.4 Å². The van der Waals surface area contributed by atoms with Gasteiger partial charge in [0.15, 0.2) is 0 Å². The van der Waals surface area contributed by atoms with Crippen LogP contribution in [0, 0.1) is 5.92 Å². The molecule has 1 atom stereocenters. The Bertz CT molecular complexity index is 824. The van der Waals surface area contributed by atoms with Gasteiger partial charge in [0.25, 0.3) is 5.91 Å². The van der Waals surface area contributed by atoms with Gasteiger partial charge in [0.2, 0.25) is 5.91 Å². The molecule has 0 fully saturated rings. The molecule has 5 nitrogen and oxygen atoms in total. The molecule has 0 bridgehead atoms. The lowest BCUT2D eigenvalue weighted by Gasteiger charge is -2.16. The summed E-state index contributed by atoms with van der Waals surface area (Å²) >= 11 is 12.1. The second-order valence-corrected chi connectivity index (χ2v) is 6.66. The number of carbonyl (C=O) groups is 2. The number of carbonyl (C=O) groups excluding carboxylic acids is 2. The van der Waals surface area contributed by atoms with Gasteiger partial charge in [-0.1, -0.05) is 36.2 Å². The predicted molar refractivity (Wildman–Crippen MR) is 104 cm³/mol. The number of benzene rings is 2. The zero-order valence-corrected chi connectivity index (χ0v) is 16.2. The Labute approximate surface area is 162 Å². The quantitative estimate of drug-likeness (QED) is 0.771. The van der Waals surface area contributed by atoms with E-state index in [1.807, 2.05) is 0 Å². The number of amides is 2. The highest BCUT2D eigenvalue weighted by Crippen LogP contribution is 2.25. The second-order valence-electron chi connectivity index (χ2n) is 5.82. The van der Waals surface area contributed by atoms with E-state index in [9.17, 15) is 9.59 Å². The first-order chi connectivity index (χ1) is 12.3. The third-order valence-corrected chi connectivity index (χ3v) is 4.53. The van der Waals surface area contributed by atoms with Crippen LogP contribution in [0.3, 0.4) is 0 Å². The van der Waals surface area contributed by atoms with E-state index in [1.165, 1.54) is 14.2 Å². The normalized spacial score (nSPS) is 11.6. The largest absolute Gasteiger partial charge is 0.497 e. The van der Waals surface area contributed by atoms with Gasteiger partial charge >= 0.3 is 0 Å². The molecule has 2 N–H and O–H groups in total. The average Bonchev–Trinajstić information content (AvgIpc) is 2.63. The van der Waals surface area contributed by atoms with Crippen molar-refractivity contribution in [1.82, 2.24) is 5.32 Å². The first-order valence-corrected chi connectivity index (χ1v) is 8.76. The van der Waals surface area contributed by atoms with Gasteiger partial charge in [-0.2, -0.15) is 0 Å². The van der Waals surface area contributed by atoms with Gasteiger partial charge < -0.3 is 15.4 Å². The Kier molecular flexibility index (Phi) is 6.89. The molecule has 0 aliphatic rings. The van der Waals surface area contributed by atoms with Gasteiger partial charge in [0.05, 0.1) is 18.4 Å². The molecule has 26 heavy (non-hydrogen) atoms. The highest BCUT2D eigenvalue weighted by molar-refractivity contribution is 6.35. The van der Waals surface area contributed by atoms with Gasteiger partial charge in [-0.15, -0.1) is 0 Å². The molecule has 0 aliphatic heterocycles. The summed E-state index contributed by atoms with van der Waals surface area (Å²) in [5, 5.41) is 6.42. The summed E-state index contributed by atoms with van der Waals surface area (Å²) in [4.78, 5) is 24.6. The summed E-state index contributed by atoms with van der Waals surface area (Å²) in [7, 11) is 3.04. The lowest BCUT2D eigenvalue weighted by molar-refractivity contribution is -0.119. The van der Waals surface area contributed by atoms with Gasteiger partial charge in [-0.05, 0) is 42.3 Å². The fourth-order valence-electron chi connectivity index (χ4n) is 2.45. The summed E-state index contributed by atoms with van der Waals surface area (Å²) in [6.45, 7) is 1.79. The van der Waals surface area contributed by atoms with E-state index < -0.39 is 0 Å². The lowest BCUT2D eigenvalue weighted by Crippen LogP contribution is -2.25.